The molecule has 3 rings (SSSR count). The molecule has 1 aromatic heterocycles. The number of aliphatic imine (C=N–C) groups is 1. The van der Waals surface area contributed by atoms with Crippen LogP contribution < -0.4 is 0 Å². The highest BCUT2D eigenvalue weighted by Crippen LogP contribution is 2.18. The van der Waals surface area contributed by atoms with Gasteiger partial charge in [0.1, 0.15) is 11.5 Å². The van der Waals surface area contributed by atoms with Crippen molar-refractivity contribution < 1.29 is 4.79 Å². The number of nitrogens with zero attached hydrogens (tertiary/aromatic N) is 3. The van der Waals surface area contributed by atoms with Crippen LogP contribution in [0.25, 0.3) is 6.08 Å². The van der Waals surface area contributed by atoms with Crippen molar-refractivity contribution in [3.8, 4) is 0 Å². The molecule has 0 amide bonds. The van der Waals surface area contributed by atoms with Gasteiger partial charge in [0.15, 0.2) is 0 Å². The molecule has 0 aliphatic carbocycles. The molecule has 0 saturated heterocycles. The second-order valence-corrected chi connectivity index (χ2v) is 3.23. The smallest absolute Gasteiger partial charge is 0.201 e. The van der Waals surface area contributed by atoms with Crippen LogP contribution in [0.2, 0.25) is 0 Å². The molecule has 0 saturated carbocycles. The van der Waals surface area contributed by atoms with Gasteiger partial charge < -0.3 is 4.57 Å². The number of hydrogen-bond donors (Lipinski definition) is 0. The Morgan fingerprint density at radius 3 is 3.29 bits per heavy atom. The lowest BCUT2D eigenvalue weighted by molar-refractivity contribution is -0.113. The first-order chi connectivity index (χ1) is 6.84. The van der Waals surface area contributed by atoms with Gasteiger partial charge in [-0.15, -0.1) is 0 Å². The highest BCUT2D eigenvalue weighted by atomic mass is 16.1. The molecule has 2 aliphatic rings. The number of aromatic nitrogens is 2. The summed E-state index contributed by atoms with van der Waals surface area (Å²) in [5, 5.41) is 0. The SMILES string of the molecule is O=C1Cn2ccnc2C=C2C=CN=C12. The lowest BCUT2D eigenvalue weighted by Gasteiger charge is -1.99. The summed E-state index contributed by atoms with van der Waals surface area (Å²) >= 11 is 0. The minimum atomic E-state index is 0.0398. The Labute approximate surface area is 80.3 Å². The van der Waals surface area contributed by atoms with E-state index in [9.17, 15) is 4.79 Å². The van der Waals surface area contributed by atoms with E-state index in [2.05, 4.69) is 9.98 Å². The second kappa shape index (κ2) is 2.51. The molecule has 2 aliphatic heterocycles. The normalized spacial score (nSPS) is 18.4. The maximum atomic E-state index is 11.7. The van der Waals surface area contributed by atoms with Crippen molar-refractivity contribution in [1.29, 1.82) is 0 Å². The zero-order valence-electron chi connectivity index (χ0n) is 7.34. The van der Waals surface area contributed by atoms with Crippen molar-refractivity contribution in [2.75, 3.05) is 0 Å². The van der Waals surface area contributed by atoms with Crippen LogP contribution >= 0.6 is 0 Å². The number of carbonyl (C=O) groups excluding carboxylic acids is 1. The molecule has 0 N–H and O–H groups in total. The van der Waals surface area contributed by atoms with E-state index in [1.54, 1.807) is 18.6 Å². The molecular formula is C10H7N3O. The topological polar surface area (TPSA) is 47.2 Å². The number of hydrogen-bond acceptors (Lipinski definition) is 3. The maximum Gasteiger partial charge on any atom is 0.201 e. The third-order valence-corrected chi connectivity index (χ3v) is 2.34. The summed E-state index contributed by atoms with van der Waals surface area (Å²) in [7, 11) is 0. The van der Waals surface area contributed by atoms with E-state index in [0.717, 1.165) is 11.4 Å². The third-order valence-electron chi connectivity index (χ3n) is 2.34. The van der Waals surface area contributed by atoms with E-state index < -0.39 is 0 Å². The number of fused-ring (bicyclic) bond motifs is 2. The van der Waals surface area contributed by atoms with Gasteiger partial charge in [0, 0.05) is 24.2 Å². The van der Waals surface area contributed by atoms with Crippen molar-refractivity contribution >= 4 is 17.6 Å². The first-order valence-corrected chi connectivity index (χ1v) is 4.35. The van der Waals surface area contributed by atoms with Crippen LogP contribution in [-0.2, 0) is 11.3 Å². The van der Waals surface area contributed by atoms with E-state index in [1.165, 1.54) is 0 Å². The molecule has 0 aromatic carbocycles. The van der Waals surface area contributed by atoms with Crippen LogP contribution in [-0.4, -0.2) is 21.0 Å². The Bertz CT molecular complexity index is 505. The van der Waals surface area contributed by atoms with E-state index in [4.69, 9.17) is 0 Å². The molecule has 0 unspecified atom stereocenters. The van der Waals surface area contributed by atoms with Crippen LogP contribution in [0.5, 0.6) is 0 Å². The fourth-order valence-electron chi connectivity index (χ4n) is 1.66. The maximum absolute atomic E-state index is 11.7. The molecule has 1 aromatic rings. The van der Waals surface area contributed by atoms with E-state index in [1.807, 2.05) is 16.7 Å². The summed E-state index contributed by atoms with van der Waals surface area (Å²) in [6, 6.07) is 0. The average molecular weight is 185 g/mol. The highest BCUT2D eigenvalue weighted by molar-refractivity contribution is 6.48. The molecule has 0 atom stereocenters. The van der Waals surface area contributed by atoms with Crippen molar-refractivity contribution in [3.05, 3.63) is 36.1 Å². The lowest BCUT2D eigenvalue weighted by atomic mass is 10.1. The average Bonchev–Trinajstić information content (AvgIpc) is 2.75. The Morgan fingerprint density at radius 2 is 2.36 bits per heavy atom. The monoisotopic (exact) mass is 185 g/mol. The molecular weight excluding hydrogens is 178 g/mol. The van der Waals surface area contributed by atoms with Gasteiger partial charge in [-0.2, -0.15) is 0 Å². The Balaban J connectivity index is 2.23. The van der Waals surface area contributed by atoms with Gasteiger partial charge in [-0.1, -0.05) is 0 Å². The lowest BCUT2D eigenvalue weighted by Crippen LogP contribution is -2.17. The van der Waals surface area contributed by atoms with Gasteiger partial charge in [-0.3, -0.25) is 9.79 Å². The van der Waals surface area contributed by atoms with Crippen molar-refractivity contribution in [2.24, 2.45) is 4.99 Å². The van der Waals surface area contributed by atoms with Gasteiger partial charge in [-0.25, -0.2) is 4.98 Å². The Morgan fingerprint density at radius 1 is 1.43 bits per heavy atom. The quantitative estimate of drug-likeness (QED) is 0.600. The molecule has 4 heteroatoms. The van der Waals surface area contributed by atoms with E-state index >= 15 is 0 Å². The van der Waals surface area contributed by atoms with Gasteiger partial charge in [0.2, 0.25) is 5.78 Å². The number of rotatable bonds is 0. The first kappa shape index (κ1) is 7.44. The molecule has 0 radical (unpaired) electrons. The van der Waals surface area contributed by atoms with Gasteiger partial charge >= 0.3 is 0 Å². The molecule has 0 spiro atoms. The van der Waals surface area contributed by atoms with Crippen LogP contribution in [0.3, 0.4) is 0 Å². The summed E-state index contributed by atoms with van der Waals surface area (Å²) < 4.78 is 1.82. The Kier molecular flexibility index (Phi) is 1.33. The van der Waals surface area contributed by atoms with Crippen LogP contribution in [0.1, 0.15) is 5.82 Å². The summed E-state index contributed by atoms with van der Waals surface area (Å²) in [4.78, 5) is 19.9. The number of carbonyl (C=O) groups is 1. The number of imidazole rings is 1. The van der Waals surface area contributed by atoms with Gasteiger partial charge in [-0.05, 0) is 12.2 Å². The second-order valence-electron chi connectivity index (χ2n) is 3.23. The summed E-state index contributed by atoms with van der Waals surface area (Å²) in [5.41, 5.74) is 1.41. The predicted molar refractivity (Wildman–Crippen MR) is 51.8 cm³/mol. The summed E-state index contributed by atoms with van der Waals surface area (Å²) in [6.45, 7) is 0.329. The molecule has 14 heavy (non-hydrogen) atoms. The number of ketones is 1. The van der Waals surface area contributed by atoms with Gasteiger partial charge in [0.25, 0.3) is 0 Å². The molecule has 0 bridgehead atoms. The van der Waals surface area contributed by atoms with Crippen molar-refractivity contribution in [2.45, 2.75) is 6.54 Å². The van der Waals surface area contributed by atoms with Crippen LogP contribution in [0.4, 0.5) is 0 Å². The standard InChI is InChI=1S/C10H7N3O/c14-8-6-13-4-3-11-9(13)5-7-1-2-12-10(7)8/h1-5H,6H2. The minimum Gasteiger partial charge on any atom is -0.324 e. The fourth-order valence-corrected chi connectivity index (χ4v) is 1.66. The number of allylic oxidation sites excluding steroid dienone is 2. The van der Waals surface area contributed by atoms with Gasteiger partial charge in [0.05, 0.1) is 6.54 Å². The fraction of sp³-hybridized carbons (Fsp3) is 0.100. The van der Waals surface area contributed by atoms with Crippen LogP contribution in [0.15, 0.2) is 35.2 Å². The summed E-state index contributed by atoms with van der Waals surface area (Å²) in [6.07, 6.45) is 8.86. The zero-order valence-corrected chi connectivity index (χ0v) is 7.34. The molecule has 0 fully saturated rings. The number of Topliss-reactive ketones (excluding diaryl/α,β-unsaturated/α-hetero) is 1. The van der Waals surface area contributed by atoms with E-state index in [0.29, 0.717) is 12.3 Å². The molecule has 3 heterocycles. The van der Waals surface area contributed by atoms with Crippen molar-refractivity contribution in [1.82, 2.24) is 9.55 Å². The van der Waals surface area contributed by atoms with E-state index in [-0.39, 0.29) is 5.78 Å². The zero-order chi connectivity index (χ0) is 9.54. The third kappa shape index (κ3) is 0.907. The molecule has 68 valence electrons. The Hall–Kier alpha value is -1.97. The van der Waals surface area contributed by atoms with Crippen molar-refractivity contribution in [3.63, 3.8) is 0 Å². The molecule has 4 nitrogen and oxygen atoms in total. The largest absolute Gasteiger partial charge is 0.324 e. The van der Waals surface area contributed by atoms with Crippen LogP contribution in [0, 0.1) is 0 Å². The summed E-state index contributed by atoms with van der Waals surface area (Å²) in [5.74, 6) is 0.850. The first-order valence-electron chi connectivity index (χ1n) is 4.35. The minimum absolute atomic E-state index is 0.0398. The highest BCUT2D eigenvalue weighted by Gasteiger charge is 2.22. The predicted octanol–water partition coefficient (Wildman–Crippen LogP) is 0.818.